The van der Waals surface area contributed by atoms with Crippen LogP contribution in [-0.4, -0.2) is 12.3 Å². The van der Waals surface area contributed by atoms with E-state index in [0.717, 1.165) is 12.0 Å². The van der Waals surface area contributed by atoms with Crippen LogP contribution in [0.5, 0.6) is 0 Å². The highest BCUT2D eigenvalue weighted by Gasteiger charge is 1.97. The molecule has 0 spiro atoms. The second-order valence-electron chi connectivity index (χ2n) is 2.04. The molecule has 0 aromatic rings. The summed E-state index contributed by atoms with van der Waals surface area (Å²) in [7, 11) is 0. The summed E-state index contributed by atoms with van der Waals surface area (Å²) in [6, 6.07) is 0. The molecule has 0 saturated carbocycles. The highest BCUT2D eigenvalue weighted by molar-refractivity contribution is 5.96. The Bertz CT molecular complexity index is 159. The van der Waals surface area contributed by atoms with Crippen molar-refractivity contribution in [3.05, 3.63) is 24.3 Å². The number of nitrogens with two attached hydrogens (primary N) is 1. The van der Waals surface area contributed by atoms with E-state index in [1.165, 1.54) is 0 Å². The Kier molecular flexibility index (Phi) is 4.50. The van der Waals surface area contributed by atoms with Gasteiger partial charge in [-0.15, -0.1) is 6.58 Å². The van der Waals surface area contributed by atoms with E-state index in [-0.39, 0.29) is 12.3 Å². The molecule has 0 aromatic heterocycles. The molecule has 2 nitrogen and oxygen atoms in total. The number of carbonyl (C=O) groups is 1. The number of hydrogen-bond acceptors (Lipinski definition) is 2. The summed E-state index contributed by atoms with van der Waals surface area (Å²) in [5.74, 6) is 0.00171. The molecule has 0 amide bonds. The topological polar surface area (TPSA) is 43.1 Å². The first kappa shape index (κ1) is 9.11. The summed E-state index contributed by atoms with van der Waals surface area (Å²) in [5.41, 5.74) is 5.85. The van der Waals surface area contributed by atoms with E-state index in [1.54, 1.807) is 13.0 Å². The minimum atomic E-state index is 0.00171. The Morgan fingerprint density at radius 2 is 2.30 bits per heavy atom. The van der Waals surface area contributed by atoms with E-state index >= 15 is 0 Å². The molecule has 0 unspecified atom stereocenters. The van der Waals surface area contributed by atoms with Crippen LogP contribution in [0.15, 0.2) is 24.3 Å². The summed E-state index contributed by atoms with van der Waals surface area (Å²) in [6.45, 7) is 5.39. The molecule has 2 heteroatoms. The Morgan fingerprint density at radius 3 is 2.70 bits per heavy atom. The van der Waals surface area contributed by atoms with Crippen molar-refractivity contribution in [2.45, 2.75) is 13.3 Å². The van der Waals surface area contributed by atoms with Crippen LogP contribution in [0.1, 0.15) is 13.3 Å². The molecule has 10 heavy (non-hydrogen) atoms. The predicted molar refractivity (Wildman–Crippen MR) is 42.6 cm³/mol. The van der Waals surface area contributed by atoms with Crippen molar-refractivity contribution >= 4 is 5.78 Å². The Morgan fingerprint density at radius 1 is 1.70 bits per heavy atom. The van der Waals surface area contributed by atoms with Crippen LogP contribution in [0.3, 0.4) is 0 Å². The van der Waals surface area contributed by atoms with Gasteiger partial charge in [0, 0.05) is 0 Å². The summed E-state index contributed by atoms with van der Waals surface area (Å²) < 4.78 is 0. The van der Waals surface area contributed by atoms with Crippen molar-refractivity contribution in [2.75, 3.05) is 6.54 Å². The first-order valence-corrected chi connectivity index (χ1v) is 3.23. The molecule has 0 aliphatic rings. The molecule has 0 rings (SSSR count). The minimum absolute atomic E-state index is 0.00171. The molecular formula is C8H13NO. The summed E-state index contributed by atoms with van der Waals surface area (Å²) >= 11 is 0. The Balaban J connectivity index is 3.91. The third-order valence-electron chi connectivity index (χ3n) is 1.22. The average Bonchev–Trinajstić information content (AvgIpc) is 1.98. The Hall–Kier alpha value is -0.890. The molecule has 0 saturated heterocycles. The number of allylic oxidation sites excluding steroid dienone is 2. The average molecular weight is 139 g/mol. The number of hydrogen-bond donors (Lipinski definition) is 1. The molecule has 2 N–H and O–H groups in total. The van der Waals surface area contributed by atoms with Gasteiger partial charge in [-0.25, -0.2) is 0 Å². The van der Waals surface area contributed by atoms with Crippen LogP contribution in [0.25, 0.3) is 0 Å². The molecule has 0 radical (unpaired) electrons. The van der Waals surface area contributed by atoms with E-state index in [4.69, 9.17) is 5.73 Å². The third kappa shape index (κ3) is 3.20. The van der Waals surface area contributed by atoms with Crippen molar-refractivity contribution in [2.24, 2.45) is 5.73 Å². The molecule has 0 aliphatic carbocycles. The van der Waals surface area contributed by atoms with Crippen molar-refractivity contribution < 1.29 is 4.79 Å². The van der Waals surface area contributed by atoms with Gasteiger partial charge in [0.1, 0.15) is 0 Å². The summed E-state index contributed by atoms with van der Waals surface area (Å²) in [6.07, 6.45) is 4.30. The smallest absolute Gasteiger partial charge is 0.171 e. The largest absolute Gasteiger partial charge is 0.324 e. The van der Waals surface area contributed by atoms with E-state index in [9.17, 15) is 4.79 Å². The lowest BCUT2D eigenvalue weighted by Crippen LogP contribution is -2.13. The zero-order chi connectivity index (χ0) is 7.98. The van der Waals surface area contributed by atoms with Crippen molar-refractivity contribution in [1.29, 1.82) is 0 Å². The van der Waals surface area contributed by atoms with Crippen LogP contribution < -0.4 is 5.73 Å². The first-order chi connectivity index (χ1) is 4.72. The maximum Gasteiger partial charge on any atom is 0.171 e. The fourth-order valence-corrected chi connectivity index (χ4v) is 0.535. The van der Waals surface area contributed by atoms with Gasteiger partial charge in [0.2, 0.25) is 0 Å². The number of ketones is 1. The van der Waals surface area contributed by atoms with Crippen molar-refractivity contribution in [3.63, 3.8) is 0 Å². The molecule has 0 aliphatic heterocycles. The highest BCUT2D eigenvalue weighted by Crippen LogP contribution is 1.95. The predicted octanol–water partition coefficient (Wildman–Crippen LogP) is 1.04. The maximum absolute atomic E-state index is 10.8. The normalized spacial score (nSPS) is 11.2. The summed E-state index contributed by atoms with van der Waals surface area (Å²) in [5, 5.41) is 0. The van der Waals surface area contributed by atoms with E-state index in [1.807, 2.05) is 6.08 Å². The van der Waals surface area contributed by atoms with Crippen molar-refractivity contribution in [3.8, 4) is 0 Å². The fourth-order valence-electron chi connectivity index (χ4n) is 0.535. The van der Waals surface area contributed by atoms with Crippen molar-refractivity contribution in [1.82, 2.24) is 0 Å². The van der Waals surface area contributed by atoms with Gasteiger partial charge < -0.3 is 5.73 Å². The second-order valence-corrected chi connectivity index (χ2v) is 2.04. The van der Waals surface area contributed by atoms with E-state index in [0.29, 0.717) is 0 Å². The van der Waals surface area contributed by atoms with Gasteiger partial charge in [-0.3, -0.25) is 4.79 Å². The molecule has 0 heterocycles. The molecule has 0 atom stereocenters. The van der Waals surface area contributed by atoms with Crippen LogP contribution in [0.2, 0.25) is 0 Å². The van der Waals surface area contributed by atoms with Crippen LogP contribution >= 0.6 is 0 Å². The fraction of sp³-hybridized carbons (Fsp3) is 0.375. The van der Waals surface area contributed by atoms with Gasteiger partial charge in [0.25, 0.3) is 0 Å². The van der Waals surface area contributed by atoms with Gasteiger partial charge >= 0.3 is 0 Å². The van der Waals surface area contributed by atoms with Crippen LogP contribution in [0.4, 0.5) is 0 Å². The van der Waals surface area contributed by atoms with Gasteiger partial charge in [0.05, 0.1) is 6.54 Å². The molecular weight excluding hydrogens is 126 g/mol. The molecule has 0 bridgehead atoms. The lowest BCUT2D eigenvalue weighted by molar-refractivity contribution is -0.114. The molecule has 56 valence electrons. The van der Waals surface area contributed by atoms with Gasteiger partial charge in [-0.1, -0.05) is 12.2 Å². The van der Waals surface area contributed by atoms with Gasteiger partial charge in [0.15, 0.2) is 5.78 Å². The molecule has 0 fully saturated rings. The minimum Gasteiger partial charge on any atom is -0.324 e. The quantitative estimate of drug-likeness (QED) is 0.467. The number of Topliss-reactive ketones (excluding diaryl/α,β-unsaturated/α-hetero) is 1. The van der Waals surface area contributed by atoms with E-state index < -0.39 is 0 Å². The van der Waals surface area contributed by atoms with Gasteiger partial charge in [-0.2, -0.15) is 0 Å². The van der Waals surface area contributed by atoms with E-state index in [2.05, 4.69) is 6.58 Å². The SMILES string of the molecule is C=CC/C=C(/C)C(=O)CN. The summed E-state index contributed by atoms with van der Waals surface area (Å²) in [4.78, 5) is 10.8. The second kappa shape index (κ2) is 4.94. The monoisotopic (exact) mass is 139 g/mol. The maximum atomic E-state index is 10.8. The lowest BCUT2D eigenvalue weighted by atomic mass is 10.1. The standard InChI is InChI=1S/C8H13NO/c1-3-4-5-7(2)8(10)6-9/h3,5H,1,4,6,9H2,2H3/b7-5-. The molecule has 0 aromatic carbocycles. The third-order valence-corrected chi connectivity index (χ3v) is 1.22. The highest BCUT2D eigenvalue weighted by atomic mass is 16.1. The zero-order valence-electron chi connectivity index (χ0n) is 6.26. The Labute approximate surface area is 61.4 Å². The van der Waals surface area contributed by atoms with Crippen LogP contribution in [-0.2, 0) is 4.79 Å². The zero-order valence-corrected chi connectivity index (χ0v) is 6.26. The number of rotatable bonds is 4. The first-order valence-electron chi connectivity index (χ1n) is 3.23. The lowest BCUT2D eigenvalue weighted by Gasteiger charge is -1.93. The number of carbonyl (C=O) groups excluding carboxylic acids is 1. The van der Waals surface area contributed by atoms with Gasteiger partial charge in [-0.05, 0) is 18.9 Å². The van der Waals surface area contributed by atoms with Crippen LogP contribution in [0, 0.1) is 0 Å².